The number of alkyl halides is 4. The van der Waals surface area contributed by atoms with E-state index in [0.717, 1.165) is 19.3 Å². The fourth-order valence-corrected chi connectivity index (χ4v) is 3.80. The lowest BCUT2D eigenvalue weighted by atomic mass is 9.58. The van der Waals surface area contributed by atoms with Gasteiger partial charge in [-0.05, 0) is 25.7 Å². The molecular formula is C13H20ClF3O. The number of halogens is 4. The summed E-state index contributed by atoms with van der Waals surface area (Å²) in [5.41, 5.74) is 0.0675. The second-order valence-corrected chi connectivity index (χ2v) is 6.10. The highest BCUT2D eigenvalue weighted by Crippen LogP contribution is 2.55. The normalized spacial score (nSPS) is 31.3. The quantitative estimate of drug-likeness (QED) is 0.538. The van der Waals surface area contributed by atoms with E-state index in [2.05, 4.69) is 0 Å². The third-order valence-corrected chi connectivity index (χ3v) is 5.01. The molecule has 0 radical (unpaired) electrons. The van der Waals surface area contributed by atoms with Crippen LogP contribution in [-0.2, 0) is 4.74 Å². The van der Waals surface area contributed by atoms with Crippen molar-refractivity contribution in [2.45, 2.75) is 69.0 Å². The predicted molar refractivity (Wildman–Crippen MR) is 64.8 cm³/mol. The fourth-order valence-electron chi connectivity index (χ4n) is 3.28. The molecule has 0 aliphatic heterocycles. The summed E-state index contributed by atoms with van der Waals surface area (Å²) in [6.07, 6.45) is 1.86. The molecule has 0 heterocycles. The molecule has 2 atom stereocenters. The largest absolute Gasteiger partial charge is 0.389 e. The van der Waals surface area contributed by atoms with Crippen molar-refractivity contribution in [3.63, 3.8) is 0 Å². The van der Waals surface area contributed by atoms with Crippen LogP contribution in [0.25, 0.3) is 0 Å². The first-order chi connectivity index (χ1) is 8.44. The smallest absolute Gasteiger partial charge is 0.378 e. The molecule has 0 bridgehead atoms. The SMILES string of the molecule is FC(F)(F)CCCOC1CC(Cl)C12CCCCC2. The third kappa shape index (κ3) is 3.13. The van der Waals surface area contributed by atoms with E-state index in [4.69, 9.17) is 16.3 Å². The van der Waals surface area contributed by atoms with Crippen molar-refractivity contribution in [1.29, 1.82) is 0 Å². The molecule has 2 saturated carbocycles. The molecule has 5 heteroatoms. The van der Waals surface area contributed by atoms with Crippen molar-refractivity contribution in [1.82, 2.24) is 0 Å². The summed E-state index contributed by atoms with van der Waals surface area (Å²) in [4.78, 5) is 0. The highest BCUT2D eigenvalue weighted by Gasteiger charge is 2.54. The van der Waals surface area contributed by atoms with Gasteiger partial charge in [0.25, 0.3) is 0 Å². The average Bonchev–Trinajstić information content (AvgIpc) is 2.33. The maximum Gasteiger partial charge on any atom is 0.389 e. The molecule has 106 valence electrons. The van der Waals surface area contributed by atoms with Crippen LogP contribution < -0.4 is 0 Å². The zero-order valence-corrected chi connectivity index (χ0v) is 11.2. The summed E-state index contributed by atoms with van der Waals surface area (Å²) in [7, 11) is 0. The Hall–Kier alpha value is 0.0400. The Bertz CT molecular complexity index is 274. The highest BCUT2D eigenvalue weighted by molar-refractivity contribution is 6.21. The number of ether oxygens (including phenoxy) is 1. The summed E-state index contributed by atoms with van der Waals surface area (Å²) in [5, 5.41) is 0.158. The maximum absolute atomic E-state index is 12.0. The van der Waals surface area contributed by atoms with Gasteiger partial charge in [-0.15, -0.1) is 11.6 Å². The van der Waals surface area contributed by atoms with E-state index in [0.29, 0.717) is 0 Å². The van der Waals surface area contributed by atoms with Gasteiger partial charge in [0.1, 0.15) is 0 Å². The number of hydrogen-bond donors (Lipinski definition) is 0. The maximum atomic E-state index is 12.0. The van der Waals surface area contributed by atoms with Gasteiger partial charge in [-0.1, -0.05) is 19.3 Å². The monoisotopic (exact) mass is 284 g/mol. The lowest BCUT2D eigenvalue weighted by Crippen LogP contribution is -2.56. The summed E-state index contributed by atoms with van der Waals surface area (Å²) in [5.74, 6) is 0. The molecule has 0 aromatic heterocycles. The Balaban J connectivity index is 1.73. The van der Waals surface area contributed by atoms with Gasteiger partial charge in [-0.3, -0.25) is 0 Å². The zero-order valence-electron chi connectivity index (χ0n) is 10.4. The molecule has 0 aromatic carbocycles. The molecule has 2 rings (SSSR count). The Morgan fingerprint density at radius 2 is 1.83 bits per heavy atom. The van der Waals surface area contributed by atoms with Gasteiger partial charge >= 0.3 is 6.18 Å². The van der Waals surface area contributed by atoms with Crippen molar-refractivity contribution >= 4 is 11.6 Å². The molecule has 0 aromatic rings. The first kappa shape index (κ1) is 14.4. The van der Waals surface area contributed by atoms with Crippen LogP contribution in [0.2, 0.25) is 0 Å². The van der Waals surface area contributed by atoms with Crippen molar-refractivity contribution in [2.24, 2.45) is 5.41 Å². The molecule has 1 nitrogen and oxygen atoms in total. The molecule has 2 aliphatic carbocycles. The van der Waals surface area contributed by atoms with E-state index >= 15 is 0 Å². The highest BCUT2D eigenvalue weighted by atomic mass is 35.5. The van der Waals surface area contributed by atoms with Crippen molar-refractivity contribution in [2.75, 3.05) is 6.61 Å². The van der Waals surface area contributed by atoms with Gasteiger partial charge in [-0.25, -0.2) is 0 Å². The predicted octanol–water partition coefficient (Wildman–Crippen LogP) is 4.68. The average molecular weight is 285 g/mol. The lowest BCUT2D eigenvalue weighted by Gasteiger charge is -2.55. The first-order valence-corrected chi connectivity index (χ1v) is 7.20. The van der Waals surface area contributed by atoms with E-state index in [1.165, 1.54) is 19.3 Å². The Morgan fingerprint density at radius 1 is 1.17 bits per heavy atom. The zero-order chi connectivity index (χ0) is 13.2. The van der Waals surface area contributed by atoms with Crippen molar-refractivity contribution < 1.29 is 17.9 Å². The fraction of sp³-hybridized carbons (Fsp3) is 1.00. The van der Waals surface area contributed by atoms with Gasteiger partial charge in [0.2, 0.25) is 0 Å². The minimum Gasteiger partial charge on any atom is -0.378 e. The summed E-state index contributed by atoms with van der Waals surface area (Å²) in [6, 6.07) is 0. The van der Waals surface area contributed by atoms with Gasteiger partial charge < -0.3 is 4.74 Å². The van der Waals surface area contributed by atoms with Crippen LogP contribution in [0.15, 0.2) is 0 Å². The minimum atomic E-state index is -4.07. The summed E-state index contributed by atoms with van der Waals surface area (Å²) >= 11 is 6.30. The van der Waals surface area contributed by atoms with Gasteiger partial charge in [0.15, 0.2) is 0 Å². The van der Waals surface area contributed by atoms with E-state index in [1.807, 2.05) is 0 Å². The van der Waals surface area contributed by atoms with Crippen LogP contribution in [0.3, 0.4) is 0 Å². The Kier molecular flexibility index (Phi) is 4.48. The van der Waals surface area contributed by atoms with E-state index in [9.17, 15) is 13.2 Å². The van der Waals surface area contributed by atoms with Gasteiger partial charge in [0, 0.05) is 23.8 Å². The van der Waals surface area contributed by atoms with Crippen molar-refractivity contribution in [3.05, 3.63) is 0 Å². The number of rotatable bonds is 4. The Labute approximate surface area is 111 Å². The molecule has 2 unspecified atom stereocenters. The van der Waals surface area contributed by atoms with E-state index in [-0.39, 0.29) is 29.9 Å². The second-order valence-electron chi connectivity index (χ2n) is 5.58. The molecule has 18 heavy (non-hydrogen) atoms. The molecule has 2 fully saturated rings. The van der Waals surface area contributed by atoms with Gasteiger partial charge in [0.05, 0.1) is 6.10 Å². The standard InChI is InChI=1S/C13H20ClF3O/c14-10-9-11(12(10)5-2-1-3-6-12)18-8-4-7-13(15,16)17/h10-11H,1-9H2. The minimum absolute atomic E-state index is 0.0586. The van der Waals surface area contributed by atoms with Gasteiger partial charge in [-0.2, -0.15) is 13.2 Å². The van der Waals surface area contributed by atoms with Crippen LogP contribution in [-0.4, -0.2) is 24.3 Å². The van der Waals surface area contributed by atoms with Crippen molar-refractivity contribution in [3.8, 4) is 0 Å². The lowest BCUT2D eigenvalue weighted by molar-refractivity contribution is -0.151. The molecule has 2 aliphatic rings. The molecule has 0 amide bonds. The summed E-state index contributed by atoms with van der Waals surface area (Å²) < 4.78 is 41.7. The van der Waals surface area contributed by atoms with Crippen LogP contribution >= 0.6 is 11.6 Å². The molecular weight excluding hydrogens is 265 g/mol. The van der Waals surface area contributed by atoms with Crippen LogP contribution in [0.4, 0.5) is 13.2 Å². The van der Waals surface area contributed by atoms with E-state index < -0.39 is 12.6 Å². The molecule has 1 spiro atoms. The van der Waals surface area contributed by atoms with Crippen LogP contribution in [0.5, 0.6) is 0 Å². The van der Waals surface area contributed by atoms with Crippen LogP contribution in [0.1, 0.15) is 51.4 Å². The number of hydrogen-bond acceptors (Lipinski definition) is 1. The second kappa shape index (κ2) is 5.58. The van der Waals surface area contributed by atoms with E-state index in [1.54, 1.807) is 0 Å². The first-order valence-electron chi connectivity index (χ1n) is 6.76. The summed E-state index contributed by atoms with van der Waals surface area (Å²) in [6.45, 7) is 0.204. The topological polar surface area (TPSA) is 9.23 Å². The molecule has 0 N–H and O–H groups in total. The third-order valence-electron chi connectivity index (χ3n) is 4.39. The molecule has 0 saturated heterocycles. The van der Waals surface area contributed by atoms with Crippen LogP contribution in [0, 0.1) is 5.41 Å². The Morgan fingerprint density at radius 3 is 2.39 bits per heavy atom.